The molecule has 0 amide bonds. The third-order valence-corrected chi connectivity index (χ3v) is 1.87. The number of phenolic OH excluding ortho intramolecular Hbond substituents is 1. The normalized spacial score (nSPS) is 10.3. The second-order valence-corrected chi connectivity index (χ2v) is 3.47. The van der Waals surface area contributed by atoms with Crippen molar-refractivity contribution in [3.8, 4) is 11.5 Å². The van der Waals surface area contributed by atoms with E-state index in [1.807, 2.05) is 13.8 Å². The summed E-state index contributed by atoms with van der Waals surface area (Å²) >= 11 is 0. The molecule has 0 saturated heterocycles. The molecule has 1 aromatic carbocycles. The van der Waals surface area contributed by atoms with Crippen LogP contribution in [0.2, 0.25) is 0 Å². The number of carbonyl (C=O) groups excluding carboxylic acids is 1. The van der Waals surface area contributed by atoms with Crippen molar-refractivity contribution in [1.29, 1.82) is 0 Å². The van der Waals surface area contributed by atoms with E-state index in [0.29, 0.717) is 5.75 Å². The molecule has 0 saturated carbocycles. The van der Waals surface area contributed by atoms with Gasteiger partial charge in [-0.15, -0.1) is 0 Å². The van der Waals surface area contributed by atoms with Crippen LogP contribution in [0.25, 0.3) is 0 Å². The lowest BCUT2D eigenvalue weighted by molar-refractivity contribution is -0.131. The molecule has 0 aliphatic rings. The summed E-state index contributed by atoms with van der Waals surface area (Å²) in [6, 6.07) is 4.72. The van der Waals surface area contributed by atoms with Crippen LogP contribution in [0.4, 0.5) is 0 Å². The van der Waals surface area contributed by atoms with Crippen LogP contribution in [-0.2, 0) is 4.79 Å². The monoisotopic (exact) mass is 194 g/mol. The summed E-state index contributed by atoms with van der Waals surface area (Å²) in [6.45, 7) is 5.31. The molecule has 0 heterocycles. The lowest BCUT2D eigenvalue weighted by Gasteiger charge is -2.11. The number of hydrogen-bond acceptors (Lipinski definition) is 3. The Balaban J connectivity index is 3.08. The number of ether oxygens (including phenoxy) is 1. The molecular weight excluding hydrogens is 180 g/mol. The van der Waals surface area contributed by atoms with Gasteiger partial charge >= 0.3 is 5.97 Å². The Morgan fingerprint density at radius 3 is 2.57 bits per heavy atom. The van der Waals surface area contributed by atoms with E-state index in [-0.39, 0.29) is 17.6 Å². The zero-order chi connectivity index (χ0) is 10.7. The maximum atomic E-state index is 10.8. The van der Waals surface area contributed by atoms with Gasteiger partial charge in [-0.05, 0) is 24.1 Å². The van der Waals surface area contributed by atoms with Crippen LogP contribution in [0, 0.1) is 0 Å². The minimum absolute atomic E-state index is 0.185. The molecule has 3 heteroatoms. The largest absolute Gasteiger partial charge is 0.508 e. The first-order valence-electron chi connectivity index (χ1n) is 4.52. The molecule has 0 aromatic heterocycles. The SMILES string of the molecule is CC(=O)Oc1ccc(O)cc1C(C)C. The summed E-state index contributed by atoms with van der Waals surface area (Å²) in [6.07, 6.45) is 0. The highest BCUT2D eigenvalue weighted by Crippen LogP contribution is 2.29. The average molecular weight is 194 g/mol. The van der Waals surface area contributed by atoms with Crippen molar-refractivity contribution >= 4 is 5.97 Å². The Morgan fingerprint density at radius 2 is 2.07 bits per heavy atom. The fourth-order valence-electron chi connectivity index (χ4n) is 1.23. The molecule has 0 aliphatic heterocycles. The van der Waals surface area contributed by atoms with Crippen LogP contribution in [0.5, 0.6) is 11.5 Å². The van der Waals surface area contributed by atoms with Crippen LogP contribution in [0.15, 0.2) is 18.2 Å². The molecule has 1 aromatic rings. The van der Waals surface area contributed by atoms with Gasteiger partial charge in [0.15, 0.2) is 0 Å². The number of carbonyl (C=O) groups is 1. The van der Waals surface area contributed by atoms with E-state index in [0.717, 1.165) is 5.56 Å². The average Bonchev–Trinajstić information content (AvgIpc) is 2.07. The summed E-state index contributed by atoms with van der Waals surface area (Å²) < 4.78 is 5.01. The van der Waals surface area contributed by atoms with Gasteiger partial charge in [0.2, 0.25) is 0 Å². The molecule has 0 fully saturated rings. The number of phenols is 1. The predicted octanol–water partition coefficient (Wildman–Crippen LogP) is 2.44. The minimum atomic E-state index is -0.349. The first-order valence-corrected chi connectivity index (χ1v) is 4.52. The molecule has 0 unspecified atom stereocenters. The van der Waals surface area contributed by atoms with Crippen molar-refractivity contribution in [2.75, 3.05) is 0 Å². The fourth-order valence-corrected chi connectivity index (χ4v) is 1.23. The second kappa shape index (κ2) is 4.13. The number of rotatable bonds is 2. The molecular formula is C11H14O3. The van der Waals surface area contributed by atoms with E-state index < -0.39 is 0 Å². The molecule has 0 bridgehead atoms. The number of esters is 1. The maximum absolute atomic E-state index is 10.8. The van der Waals surface area contributed by atoms with Gasteiger partial charge in [-0.2, -0.15) is 0 Å². The zero-order valence-corrected chi connectivity index (χ0v) is 8.57. The van der Waals surface area contributed by atoms with Crippen LogP contribution < -0.4 is 4.74 Å². The molecule has 1 rings (SSSR count). The van der Waals surface area contributed by atoms with Crippen LogP contribution in [0.1, 0.15) is 32.3 Å². The van der Waals surface area contributed by atoms with Crippen LogP contribution in [-0.4, -0.2) is 11.1 Å². The van der Waals surface area contributed by atoms with Crippen LogP contribution in [0.3, 0.4) is 0 Å². The summed E-state index contributed by atoms with van der Waals surface area (Å²) in [5.74, 6) is 0.559. The predicted molar refractivity (Wildman–Crippen MR) is 53.5 cm³/mol. The van der Waals surface area contributed by atoms with Crippen molar-refractivity contribution in [2.24, 2.45) is 0 Å². The lowest BCUT2D eigenvalue weighted by atomic mass is 10.0. The number of aromatic hydroxyl groups is 1. The third kappa shape index (κ3) is 2.49. The van der Waals surface area contributed by atoms with E-state index in [1.165, 1.54) is 13.0 Å². The molecule has 1 N–H and O–H groups in total. The maximum Gasteiger partial charge on any atom is 0.308 e. The Hall–Kier alpha value is -1.51. The van der Waals surface area contributed by atoms with E-state index in [2.05, 4.69) is 0 Å². The molecule has 76 valence electrons. The lowest BCUT2D eigenvalue weighted by Crippen LogP contribution is -2.04. The summed E-state index contributed by atoms with van der Waals surface area (Å²) in [5, 5.41) is 9.28. The van der Waals surface area contributed by atoms with Gasteiger partial charge in [0.1, 0.15) is 11.5 Å². The Bertz CT molecular complexity index is 342. The summed E-state index contributed by atoms with van der Waals surface area (Å²) in [4.78, 5) is 10.8. The third-order valence-electron chi connectivity index (χ3n) is 1.87. The quantitative estimate of drug-likeness (QED) is 0.581. The van der Waals surface area contributed by atoms with Crippen molar-refractivity contribution < 1.29 is 14.6 Å². The highest BCUT2D eigenvalue weighted by atomic mass is 16.5. The molecule has 14 heavy (non-hydrogen) atoms. The first-order chi connectivity index (χ1) is 6.50. The fraction of sp³-hybridized carbons (Fsp3) is 0.364. The van der Waals surface area contributed by atoms with E-state index in [9.17, 15) is 9.90 Å². The van der Waals surface area contributed by atoms with Gasteiger partial charge in [0.05, 0.1) is 0 Å². The van der Waals surface area contributed by atoms with Crippen molar-refractivity contribution in [1.82, 2.24) is 0 Å². The van der Waals surface area contributed by atoms with Gasteiger partial charge in [0.25, 0.3) is 0 Å². The number of benzene rings is 1. The Labute approximate surface area is 83.3 Å². The molecule has 0 atom stereocenters. The van der Waals surface area contributed by atoms with Gasteiger partial charge in [0, 0.05) is 12.5 Å². The Morgan fingerprint density at radius 1 is 1.43 bits per heavy atom. The highest BCUT2D eigenvalue weighted by molar-refractivity contribution is 5.70. The van der Waals surface area contributed by atoms with Crippen LogP contribution >= 0.6 is 0 Å². The summed E-state index contributed by atoms with van der Waals surface area (Å²) in [7, 11) is 0. The highest BCUT2D eigenvalue weighted by Gasteiger charge is 2.10. The van der Waals surface area contributed by atoms with Gasteiger partial charge in [-0.3, -0.25) is 4.79 Å². The van der Waals surface area contributed by atoms with Crippen molar-refractivity contribution in [3.63, 3.8) is 0 Å². The van der Waals surface area contributed by atoms with Crippen molar-refractivity contribution in [3.05, 3.63) is 23.8 Å². The minimum Gasteiger partial charge on any atom is -0.508 e. The molecule has 0 spiro atoms. The molecule has 3 nitrogen and oxygen atoms in total. The van der Waals surface area contributed by atoms with Crippen molar-refractivity contribution in [2.45, 2.75) is 26.7 Å². The van der Waals surface area contributed by atoms with E-state index >= 15 is 0 Å². The van der Waals surface area contributed by atoms with Gasteiger partial charge < -0.3 is 9.84 Å². The van der Waals surface area contributed by atoms with Gasteiger partial charge in [-0.1, -0.05) is 13.8 Å². The molecule has 0 aliphatic carbocycles. The standard InChI is InChI=1S/C11H14O3/c1-7(2)10-6-9(13)4-5-11(10)14-8(3)12/h4-7,13H,1-3H3. The second-order valence-electron chi connectivity index (χ2n) is 3.47. The Kier molecular flexibility index (Phi) is 3.12. The van der Waals surface area contributed by atoms with Gasteiger partial charge in [-0.25, -0.2) is 0 Å². The van der Waals surface area contributed by atoms with E-state index in [4.69, 9.17) is 4.74 Å². The summed E-state index contributed by atoms with van der Waals surface area (Å²) in [5.41, 5.74) is 0.834. The molecule has 0 radical (unpaired) electrons. The number of hydrogen-bond donors (Lipinski definition) is 1. The smallest absolute Gasteiger partial charge is 0.308 e. The first kappa shape index (κ1) is 10.6. The zero-order valence-electron chi connectivity index (χ0n) is 8.57. The van der Waals surface area contributed by atoms with E-state index in [1.54, 1.807) is 12.1 Å². The topological polar surface area (TPSA) is 46.5 Å².